The zero-order chi connectivity index (χ0) is 10.5. The summed E-state index contributed by atoms with van der Waals surface area (Å²) >= 11 is 0. The maximum Gasteiger partial charge on any atom is 0.458 e. The molecule has 0 rings (SSSR count). The number of carbonyl (C=O) groups excluding carboxylic acids is 1. The van der Waals surface area contributed by atoms with Crippen LogP contribution >= 0.6 is 7.75 Å². The zero-order valence-electron chi connectivity index (χ0n) is 8.15. The maximum atomic E-state index is 11.3. The van der Waals surface area contributed by atoms with Crippen LogP contribution in [0.3, 0.4) is 0 Å². The van der Waals surface area contributed by atoms with Crippen LogP contribution in [-0.4, -0.2) is 12.1 Å². The van der Waals surface area contributed by atoms with Gasteiger partial charge in [-0.2, -0.15) is 0 Å². The number of hydrogen-bond acceptors (Lipinski definition) is 4. The van der Waals surface area contributed by atoms with Crippen LogP contribution in [0.25, 0.3) is 0 Å². The van der Waals surface area contributed by atoms with Gasteiger partial charge < -0.3 is 4.52 Å². The van der Waals surface area contributed by atoms with Gasteiger partial charge in [-0.25, -0.2) is 10.1 Å². The van der Waals surface area contributed by atoms with E-state index in [1.807, 2.05) is 13.8 Å². The van der Waals surface area contributed by atoms with Gasteiger partial charge in [-0.15, -0.1) is 0 Å². The lowest BCUT2D eigenvalue weighted by Crippen LogP contribution is -2.15. The van der Waals surface area contributed by atoms with Crippen LogP contribution < -0.4 is 5.50 Å². The third-order valence-electron chi connectivity index (χ3n) is 1.46. The van der Waals surface area contributed by atoms with Crippen molar-refractivity contribution in [3.05, 3.63) is 0 Å². The predicted molar refractivity (Wildman–Crippen MR) is 49.0 cm³/mol. The normalized spacial score (nSPS) is 15.5. The highest BCUT2D eigenvalue weighted by molar-refractivity contribution is 7.51. The van der Waals surface area contributed by atoms with Crippen molar-refractivity contribution in [2.45, 2.75) is 39.7 Å². The minimum Gasteiger partial charge on any atom is -0.380 e. The molecule has 0 fully saturated rings. The van der Waals surface area contributed by atoms with Crippen molar-refractivity contribution in [1.82, 2.24) is 0 Å². The summed E-state index contributed by atoms with van der Waals surface area (Å²) in [5, 5.41) is 0. The molecule has 0 aromatic carbocycles. The van der Waals surface area contributed by atoms with E-state index in [-0.39, 0.29) is 6.10 Å². The van der Waals surface area contributed by atoms with Crippen molar-refractivity contribution in [2.75, 3.05) is 0 Å². The molecule has 0 aliphatic heterocycles. The smallest absolute Gasteiger partial charge is 0.380 e. The second kappa shape index (κ2) is 5.37. The van der Waals surface area contributed by atoms with Crippen molar-refractivity contribution in [1.29, 1.82) is 0 Å². The Labute approximate surface area is 78.2 Å². The van der Waals surface area contributed by atoms with E-state index in [0.29, 0.717) is 12.8 Å². The lowest BCUT2D eigenvalue weighted by Gasteiger charge is -2.18. The highest BCUT2D eigenvalue weighted by atomic mass is 31.2. The van der Waals surface area contributed by atoms with E-state index in [0.717, 1.165) is 6.92 Å². The fourth-order valence-corrected chi connectivity index (χ4v) is 1.96. The summed E-state index contributed by atoms with van der Waals surface area (Å²) in [6.45, 7) is 4.89. The topological polar surface area (TPSA) is 78.6 Å². The summed E-state index contributed by atoms with van der Waals surface area (Å²) < 4.78 is 20.5. The monoisotopic (exact) mass is 209 g/mol. The SMILES string of the molecule is CCC(CC)OP(N)(=O)OC(C)=O. The molecule has 78 valence electrons. The van der Waals surface area contributed by atoms with E-state index < -0.39 is 13.7 Å². The third kappa shape index (κ3) is 5.80. The summed E-state index contributed by atoms with van der Waals surface area (Å²) in [6, 6.07) is 0. The lowest BCUT2D eigenvalue weighted by molar-refractivity contribution is -0.132. The molecule has 0 aliphatic rings. The molecule has 5 nitrogen and oxygen atoms in total. The first-order chi connectivity index (χ1) is 5.91. The second-order valence-corrected chi connectivity index (χ2v) is 4.14. The van der Waals surface area contributed by atoms with E-state index >= 15 is 0 Å². The Morgan fingerprint density at radius 2 is 1.92 bits per heavy atom. The molecule has 0 saturated heterocycles. The molecule has 0 aliphatic carbocycles. The Hall–Kier alpha value is -0.380. The standard InChI is InChI=1S/C7H16NO4P/c1-4-7(5-2)12-13(8,10)11-6(3)9/h7H,4-5H2,1-3H3,(H2,8,10). The summed E-state index contributed by atoms with van der Waals surface area (Å²) in [5.41, 5.74) is 5.16. The minimum absolute atomic E-state index is 0.227. The zero-order valence-corrected chi connectivity index (χ0v) is 9.04. The van der Waals surface area contributed by atoms with E-state index in [2.05, 4.69) is 4.52 Å². The summed E-state index contributed by atoms with van der Waals surface area (Å²) in [7, 11) is -3.69. The van der Waals surface area contributed by atoms with Crippen molar-refractivity contribution < 1.29 is 18.4 Å². The van der Waals surface area contributed by atoms with Crippen LogP contribution in [0.15, 0.2) is 0 Å². The first-order valence-corrected chi connectivity index (χ1v) is 5.79. The Morgan fingerprint density at radius 3 is 2.23 bits per heavy atom. The van der Waals surface area contributed by atoms with E-state index in [1.54, 1.807) is 0 Å². The molecule has 0 spiro atoms. The molecule has 0 heterocycles. The molecule has 1 atom stereocenters. The number of rotatable bonds is 5. The molecule has 6 heteroatoms. The molecular weight excluding hydrogens is 193 g/mol. The maximum absolute atomic E-state index is 11.3. The fraction of sp³-hybridized carbons (Fsp3) is 0.857. The Balaban J connectivity index is 4.14. The molecule has 13 heavy (non-hydrogen) atoms. The molecule has 0 saturated carbocycles. The average molecular weight is 209 g/mol. The number of hydrogen-bond donors (Lipinski definition) is 1. The third-order valence-corrected chi connectivity index (χ3v) is 2.57. The molecule has 0 bridgehead atoms. The summed E-state index contributed by atoms with van der Waals surface area (Å²) in [5.74, 6) is -0.697. The van der Waals surface area contributed by atoms with Crippen molar-refractivity contribution in [3.8, 4) is 0 Å². The van der Waals surface area contributed by atoms with Gasteiger partial charge in [0.1, 0.15) is 0 Å². The van der Waals surface area contributed by atoms with Crippen LogP contribution in [-0.2, 0) is 18.4 Å². The van der Waals surface area contributed by atoms with Crippen LogP contribution in [0.5, 0.6) is 0 Å². The van der Waals surface area contributed by atoms with Crippen molar-refractivity contribution in [2.24, 2.45) is 5.50 Å². The molecule has 0 aromatic heterocycles. The van der Waals surface area contributed by atoms with Crippen molar-refractivity contribution in [3.63, 3.8) is 0 Å². The Bertz CT molecular complexity index is 215. The van der Waals surface area contributed by atoms with Crippen LogP contribution in [0.1, 0.15) is 33.6 Å². The highest BCUT2D eigenvalue weighted by Crippen LogP contribution is 2.41. The van der Waals surface area contributed by atoms with Gasteiger partial charge in [-0.1, -0.05) is 13.8 Å². The molecular formula is C7H16NO4P. The van der Waals surface area contributed by atoms with Gasteiger partial charge in [-0.05, 0) is 12.8 Å². The molecule has 0 amide bonds. The largest absolute Gasteiger partial charge is 0.458 e. The van der Waals surface area contributed by atoms with E-state index in [1.165, 1.54) is 0 Å². The second-order valence-electron chi connectivity index (χ2n) is 2.67. The quantitative estimate of drug-likeness (QED) is 0.698. The first-order valence-electron chi connectivity index (χ1n) is 4.18. The van der Waals surface area contributed by atoms with Crippen LogP contribution in [0.4, 0.5) is 0 Å². The van der Waals surface area contributed by atoms with Gasteiger partial charge in [-0.3, -0.25) is 9.32 Å². The molecule has 2 N–H and O–H groups in total. The van der Waals surface area contributed by atoms with Gasteiger partial charge in [0.05, 0.1) is 6.10 Å². The fourth-order valence-electron chi connectivity index (χ4n) is 0.846. The summed E-state index contributed by atoms with van der Waals surface area (Å²) in [6.07, 6.45) is 1.13. The van der Waals surface area contributed by atoms with Crippen molar-refractivity contribution >= 4 is 13.7 Å². The summed E-state index contributed by atoms with van der Waals surface area (Å²) in [4.78, 5) is 10.5. The molecule has 1 unspecified atom stereocenters. The van der Waals surface area contributed by atoms with Crippen LogP contribution in [0, 0.1) is 0 Å². The lowest BCUT2D eigenvalue weighted by atomic mass is 10.2. The predicted octanol–water partition coefficient (Wildman–Crippen LogP) is 1.82. The molecule has 0 aromatic rings. The Kier molecular flexibility index (Phi) is 5.21. The van der Waals surface area contributed by atoms with E-state index in [4.69, 9.17) is 10.0 Å². The number of carbonyl (C=O) groups is 1. The van der Waals surface area contributed by atoms with Gasteiger partial charge in [0, 0.05) is 6.92 Å². The van der Waals surface area contributed by atoms with Gasteiger partial charge in [0.15, 0.2) is 0 Å². The van der Waals surface area contributed by atoms with Gasteiger partial charge >= 0.3 is 13.7 Å². The average Bonchev–Trinajstić information content (AvgIpc) is 1.97. The van der Waals surface area contributed by atoms with Gasteiger partial charge in [0.2, 0.25) is 0 Å². The minimum atomic E-state index is -3.69. The Morgan fingerprint density at radius 1 is 1.46 bits per heavy atom. The van der Waals surface area contributed by atoms with Gasteiger partial charge in [0.25, 0.3) is 0 Å². The molecule has 0 radical (unpaired) electrons. The first kappa shape index (κ1) is 12.6. The number of nitrogens with two attached hydrogens (primary N) is 1. The highest BCUT2D eigenvalue weighted by Gasteiger charge is 2.24. The van der Waals surface area contributed by atoms with Crippen LogP contribution in [0.2, 0.25) is 0 Å². The van der Waals surface area contributed by atoms with E-state index in [9.17, 15) is 9.36 Å².